The number of benzene rings is 1. The molecular formula is C22H30N6. The number of imidazole rings is 1. The summed E-state index contributed by atoms with van der Waals surface area (Å²) >= 11 is 0. The van der Waals surface area contributed by atoms with E-state index in [-0.39, 0.29) is 6.04 Å². The summed E-state index contributed by atoms with van der Waals surface area (Å²) in [5.41, 5.74) is 9.03. The lowest BCUT2D eigenvalue weighted by Gasteiger charge is -2.36. The van der Waals surface area contributed by atoms with Gasteiger partial charge in [0, 0.05) is 37.9 Å². The maximum atomic E-state index is 5.84. The first kappa shape index (κ1) is 18.9. The normalized spacial score (nSPS) is 18.2. The Morgan fingerprint density at radius 3 is 2.57 bits per heavy atom. The van der Waals surface area contributed by atoms with Crippen LogP contribution in [0, 0.1) is 0 Å². The summed E-state index contributed by atoms with van der Waals surface area (Å²) in [7, 11) is 0. The Labute approximate surface area is 166 Å². The molecule has 0 saturated carbocycles. The Bertz CT molecular complexity index is 898. The molecule has 0 aliphatic carbocycles. The second-order valence-electron chi connectivity index (χ2n) is 7.76. The van der Waals surface area contributed by atoms with E-state index in [4.69, 9.17) is 10.7 Å². The fourth-order valence-electron chi connectivity index (χ4n) is 4.11. The van der Waals surface area contributed by atoms with Crippen LogP contribution in [0.15, 0.2) is 48.7 Å². The SMILES string of the molecule is CC(CN)N1CCC(Nc2nc3ccccc3n2C(C)c2ccccn2)CC1. The fourth-order valence-corrected chi connectivity index (χ4v) is 4.11. The molecule has 0 amide bonds. The number of rotatable bonds is 6. The number of aromatic nitrogens is 3. The maximum absolute atomic E-state index is 5.84. The zero-order valence-electron chi connectivity index (χ0n) is 16.8. The van der Waals surface area contributed by atoms with E-state index in [1.807, 2.05) is 24.4 Å². The molecule has 1 aliphatic heterocycles. The molecule has 0 bridgehead atoms. The van der Waals surface area contributed by atoms with Crippen LogP contribution in [0.3, 0.4) is 0 Å². The molecule has 1 saturated heterocycles. The molecule has 3 heterocycles. The minimum atomic E-state index is 0.105. The Hall–Kier alpha value is -2.44. The van der Waals surface area contributed by atoms with Crippen LogP contribution in [-0.4, -0.2) is 51.2 Å². The highest BCUT2D eigenvalue weighted by molar-refractivity contribution is 5.79. The lowest BCUT2D eigenvalue weighted by molar-refractivity contribution is 0.170. The van der Waals surface area contributed by atoms with Crippen molar-refractivity contribution < 1.29 is 0 Å². The molecule has 2 unspecified atom stereocenters. The van der Waals surface area contributed by atoms with Gasteiger partial charge in [-0.25, -0.2) is 4.98 Å². The molecule has 1 fully saturated rings. The second kappa shape index (κ2) is 8.29. The van der Waals surface area contributed by atoms with E-state index >= 15 is 0 Å². The van der Waals surface area contributed by atoms with Gasteiger partial charge in [0.2, 0.25) is 5.95 Å². The number of anilines is 1. The van der Waals surface area contributed by atoms with Gasteiger partial charge in [0.1, 0.15) is 0 Å². The Balaban J connectivity index is 1.59. The van der Waals surface area contributed by atoms with Gasteiger partial charge < -0.3 is 15.6 Å². The van der Waals surface area contributed by atoms with E-state index in [0.29, 0.717) is 12.1 Å². The summed E-state index contributed by atoms with van der Waals surface area (Å²) in [6, 6.07) is 15.4. The number of likely N-dealkylation sites (tertiary alicyclic amines) is 1. The Kier molecular flexibility index (Phi) is 5.59. The number of nitrogens with zero attached hydrogens (tertiary/aromatic N) is 4. The zero-order valence-corrected chi connectivity index (χ0v) is 16.8. The monoisotopic (exact) mass is 378 g/mol. The average molecular weight is 379 g/mol. The number of hydrogen-bond acceptors (Lipinski definition) is 5. The lowest BCUT2D eigenvalue weighted by atomic mass is 10.0. The lowest BCUT2D eigenvalue weighted by Crippen LogP contribution is -2.46. The number of hydrogen-bond donors (Lipinski definition) is 2. The molecule has 1 aliphatic rings. The number of pyridine rings is 1. The van der Waals surface area contributed by atoms with Crippen LogP contribution >= 0.6 is 0 Å². The predicted octanol–water partition coefficient (Wildman–Crippen LogP) is 3.26. The molecule has 2 aromatic heterocycles. The van der Waals surface area contributed by atoms with Crippen molar-refractivity contribution in [3.05, 3.63) is 54.4 Å². The summed E-state index contributed by atoms with van der Waals surface area (Å²) in [5.74, 6) is 0.935. The third-order valence-corrected chi connectivity index (χ3v) is 5.93. The van der Waals surface area contributed by atoms with Crippen LogP contribution < -0.4 is 11.1 Å². The molecule has 0 spiro atoms. The van der Waals surface area contributed by atoms with Crippen LogP contribution in [0.4, 0.5) is 5.95 Å². The molecule has 4 rings (SSSR count). The Morgan fingerprint density at radius 2 is 1.86 bits per heavy atom. The zero-order chi connectivity index (χ0) is 19.5. The van der Waals surface area contributed by atoms with Gasteiger partial charge in [-0.1, -0.05) is 18.2 Å². The van der Waals surface area contributed by atoms with Crippen LogP contribution in [0.1, 0.15) is 38.4 Å². The van der Waals surface area contributed by atoms with E-state index in [0.717, 1.165) is 55.2 Å². The predicted molar refractivity (Wildman–Crippen MR) is 115 cm³/mol. The maximum Gasteiger partial charge on any atom is 0.204 e. The second-order valence-corrected chi connectivity index (χ2v) is 7.76. The minimum Gasteiger partial charge on any atom is -0.353 e. The number of fused-ring (bicyclic) bond motifs is 1. The third kappa shape index (κ3) is 3.75. The topological polar surface area (TPSA) is 72.0 Å². The molecule has 28 heavy (non-hydrogen) atoms. The first-order valence-corrected chi connectivity index (χ1v) is 10.3. The molecule has 3 aromatic rings. The third-order valence-electron chi connectivity index (χ3n) is 5.93. The molecule has 148 valence electrons. The highest BCUT2D eigenvalue weighted by Crippen LogP contribution is 2.29. The summed E-state index contributed by atoms with van der Waals surface area (Å²) < 4.78 is 2.28. The van der Waals surface area contributed by atoms with Gasteiger partial charge in [0.25, 0.3) is 0 Å². The van der Waals surface area contributed by atoms with Gasteiger partial charge in [-0.05, 0) is 51.0 Å². The summed E-state index contributed by atoms with van der Waals surface area (Å²) in [6.45, 7) is 7.27. The van der Waals surface area contributed by atoms with Crippen molar-refractivity contribution in [2.24, 2.45) is 5.73 Å². The first-order valence-electron chi connectivity index (χ1n) is 10.3. The average Bonchev–Trinajstić information content (AvgIpc) is 3.11. The van der Waals surface area contributed by atoms with Gasteiger partial charge in [0.05, 0.1) is 22.8 Å². The standard InChI is InChI=1S/C22H30N6/c1-16(15-23)27-13-10-18(11-14-27)25-22-26-20-8-3-4-9-21(20)28(22)17(2)19-7-5-6-12-24-19/h3-9,12,16-18H,10-11,13-15,23H2,1-2H3,(H,25,26). The van der Waals surface area contributed by atoms with Crippen molar-refractivity contribution in [3.8, 4) is 0 Å². The number of nitrogens with one attached hydrogen (secondary N) is 1. The van der Waals surface area contributed by atoms with Gasteiger partial charge in [0.15, 0.2) is 0 Å². The number of nitrogens with two attached hydrogens (primary N) is 1. The van der Waals surface area contributed by atoms with Crippen LogP contribution in [0.2, 0.25) is 0 Å². The van der Waals surface area contributed by atoms with E-state index in [1.54, 1.807) is 0 Å². The van der Waals surface area contributed by atoms with E-state index in [1.165, 1.54) is 0 Å². The summed E-state index contributed by atoms with van der Waals surface area (Å²) in [5, 5.41) is 3.73. The summed E-state index contributed by atoms with van der Waals surface area (Å²) in [4.78, 5) is 12.0. The summed E-state index contributed by atoms with van der Waals surface area (Å²) in [6.07, 6.45) is 4.06. The molecule has 2 atom stereocenters. The highest BCUT2D eigenvalue weighted by atomic mass is 15.3. The molecular weight excluding hydrogens is 348 g/mol. The molecule has 1 aromatic carbocycles. The quantitative estimate of drug-likeness (QED) is 0.689. The first-order chi connectivity index (χ1) is 13.7. The number of piperidine rings is 1. The van der Waals surface area contributed by atoms with E-state index < -0.39 is 0 Å². The van der Waals surface area contributed by atoms with Gasteiger partial charge >= 0.3 is 0 Å². The van der Waals surface area contributed by atoms with Gasteiger partial charge in [-0.15, -0.1) is 0 Å². The van der Waals surface area contributed by atoms with Crippen molar-refractivity contribution in [1.82, 2.24) is 19.4 Å². The number of para-hydroxylation sites is 2. The van der Waals surface area contributed by atoms with Crippen LogP contribution in [0.25, 0.3) is 11.0 Å². The van der Waals surface area contributed by atoms with Crippen molar-refractivity contribution in [1.29, 1.82) is 0 Å². The van der Waals surface area contributed by atoms with E-state index in [2.05, 4.69) is 57.9 Å². The molecule has 6 nitrogen and oxygen atoms in total. The highest BCUT2D eigenvalue weighted by Gasteiger charge is 2.25. The fraction of sp³-hybridized carbons (Fsp3) is 0.455. The van der Waals surface area contributed by atoms with E-state index in [9.17, 15) is 0 Å². The van der Waals surface area contributed by atoms with Crippen molar-refractivity contribution in [3.63, 3.8) is 0 Å². The van der Waals surface area contributed by atoms with Gasteiger partial charge in [-0.2, -0.15) is 0 Å². The molecule has 0 radical (unpaired) electrons. The molecule has 6 heteroatoms. The van der Waals surface area contributed by atoms with Crippen LogP contribution in [-0.2, 0) is 0 Å². The Morgan fingerprint density at radius 1 is 1.11 bits per heavy atom. The molecule has 3 N–H and O–H groups in total. The minimum absolute atomic E-state index is 0.105. The van der Waals surface area contributed by atoms with Crippen molar-refractivity contribution >= 4 is 17.0 Å². The van der Waals surface area contributed by atoms with Gasteiger partial charge in [-0.3, -0.25) is 9.88 Å². The smallest absolute Gasteiger partial charge is 0.204 e. The largest absolute Gasteiger partial charge is 0.353 e. The van der Waals surface area contributed by atoms with Crippen molar-refractivity contribution in [2.75, 3.05) is 25.0 Å². The van der Waals surface area contributed by atoms with Crippen molar-refractivity contribution in [2.45, 2.75) is 44.8 Å². The van der Waals surface area contributed by atoms with Crippen LogP contribution in [0.5, 0.6) is 0 Å².